The molecule has 0 rings (SSSR count). The Morgan fingerprint density at radius 2 is 1.41 bits per heavy atom. The van der Waals surface area contributed by atoms with Crippen molar-refractivity contribution in [1.29, 1.82) is 0 Å². The number of allylic oxidation sites excluding steroid dienone is 6. The summed E-state index contributed by atoms with van der Waals surface area (Å²) in [6.45, 7) is 4.56. The molecule has 0 aromatic carbocycles. The molecule has 0 heterocycles. The second kappa shape index (κ2) is 17.7. The number of hydrogen-bond donors (Lipinski definition) is 0. The highest BCUT2D eigenvalue weighted by atomic mass is 16.5. The lowest BCUT2D eigenvalue weighted by atomic mass is 10.1. The third kappa shape index (κ3) is 16.7. The predicted molar refractivity (Wildman–Crippen MR) is 95.9 cm³/mol. The van der Waals surface area contributed by atoms with E-state index in [1.165, 1.54) is 32.1 Å². The van der Waals surface area contributed by atoms with E-state index in [9.17, 15) is 4.79 Å². The van der Waals surface area contributed by atoms with Crippen molar-refractivity contribution in [1.82, 2.24) is 0 Å². The summed E-state index contributed by atoms with van der Waals surface area (Å²) in [5, 5.41) is 0. The molecule has 22 heavy (non-hydrogen) atoms. The average Bonchev–Trinajstić information content (AvgIpc) is 2.51. The van der Waals surface area contributed by atoms with Crippen LogP contribution in [-0.4, -0.2) is 12.6 Å². The molecule has 0 fully saturated rings. The van der Waals surface area contributed by atoms with E-state index in [-0.39, 0.29) is 5.97 Å². The lowest BCUT2D eigenvalue weighted by molar-refractivity contribution is -0.143. The molecule has 2 heteroatoms. The van der Waals surface area contributed by atoms with Crippen LogP contribution >= 0.6 is 0 Å². The molecule has 0 radical (unpaired) electrons. The van der Waals surface area contributed by atoms with Gasteiger partial charge in [-0.2, -0.15) is 0 Å². The SMILES string of the molecule is CCCCCC/C=C\C=C\CC/C=C\CCCC(=O)OCC. The molecule has 0 spiro atoms. The topological polar surface area (TPSA) is 26.3 Å². The minimum Gasteiger partial charge on any atom is -0.466 e. The van der Waals surface area contributed by atoms with Crippen LogP contribution in [0.2, 0.25) is 0 Å². The van der Waals surface area contributed by atoms with Gasteiger partial charge in [0, 0.05) is 6.42 Å². The molecule has 0 atom stereocenters. The van der Waals surface area contributed by atoms with Gasteiger partial charge in [0.25, 0.3) is 0 Å². The quantitative estimate of drug-likeness (QED) is 0.167. The summed E-state index contributed by atoms with van der Waals surface area (Å²) >= 11 is 0. The van der Waals surface area contributed by atoms with Crippen molar-refractivity contribution >= 4 is 5.97 Å². The van der Waals surface area contributed by atoms with Gasteiger partial charge in [-0.05, 0) is 45.4 Å². The average molecular weight is 306 g/mol. The Balaban J connectivity index is 3.36. The summed E-state index contributed by atoms with van der Waals surface area (Å²) < 4.78 is 4.88. The Bertz CT molecular complexity index is 327. The van der Waals surface area contributed by atoms with E-state index >= 15 is 0 Å². The van der Waals surface area contributed by atoms with E-state index in [1.807, 2.05) is 6.92 Å². The van der Waals surface area contributed by atoms with E-state index in [1.54, 1.807) is 0 Å². The van der Waals surface area contributed by atoms with Crippen LogP contribution in [0.4, 0.5) is 0 Å². The zero-order valence-corrected chi connectivity index (χ0v) is 14.6. The maximum absolute atomic E-state index is 11.1. The molecule has 0 saturated heterocycles. The standard InChI is InChI=1S/C20H34O2/c1-3-5-6-7-8-9-10-11-12-13-14-15-16-17-18-19-20(21)22-4-2/h9-12,15-16H,3-8,13-14,17-19H2,1-2H3/b10-9-,12-11+,16-15-. The van der Waals surface area contributed by atoms with Crippen molar-refractivity contribution in [2.24, 2.45) is 0 Å². The van der Waals surface area contributed by atoms with Crippen LogP contribution in [-0.2, 0) is 9.53 Å². The van der Waals surface area contributed by atoms with Crippen molar-refractivity contribution in [3.63, 3.8) is 0 Å². The summed E-state index contributed by atoms with van der Waals surface area (Å²) in [6.07, 6.45) is 24.2. The molecular weight excluding hydrogens is 272 g/mol. The fraction of sp³-hybridized carbons (Fsp3) is 0.650. The number of carbonyl (C=O) groups excluding carboxylic acids is 1. The van der Waals surface area contributed by atoms with Crippen molar-refractivity contribution in [3.8, 4) is 0 Å². The van der Waals surface area contributed by atoms with Crippen molar-refractivity contribution < 1.29 is 9.53 Å². The van der Waals surface area contributed by atoms with Crippen LogP contribution in [0.1, 0.15) is 78.1 Å². The molecule has 0 saturated carbocycles. The molecule has 0 aliphatic heterocycles. The summed E-state index contributed by atoms with van der Waals surface area (Å²) in [5.41, 5.74) is 0. The van der Waals surface area contributed by atoms with Gasteiger partial charge in [-0.25, -0.2) is 0 Å². The van der Waals surface area contributed by atoms with Gasteiger partial charge in [-0.1, -0.05) is 62.6 Å². The smallest absolute Gasteiger partial charge is 0.305 e. The summed E-state index contributed by atoms with van der Waals surface area (Å²) in [4.78, 5) is 11.1. The van der Waals surface area contributed by atoms with E-state index < -0.39 is 0 Å². The van der Waals surface area contributed by atoms with Gasteiger partial charge in [0.1, 0.15) is 0 Å². The second-order valence-electron chi connectivity index (χ2n) is 5.45. The number of esters is 1. The Morgan fingerprint density at radius 3 is 2.14 bits per heavy atom. The Kier molecular flexibility index (Phi) is 16.7. The lowest BCUT2D eigenvalue weighted by Gasteiger charge is -1.98. The lowest BCUT2D eigenvalue weighted by Crippen LogP contribution is -2.02. The number of unbranched alkanes of at least 4 members (excludes halogenated alkanes) is 6. The molecule has 0 bridgehead atoms. The first kappa shape index (κ1) is 20.7. The highest BCUT2D eigenvalue weighted by molar-refractivity contribution is 5.69. The minimum atomic E-state index is -0.0830. The predicted octanol–water partition coefficient (Wildman–Crippen LogP) is 6.14. The number of rotatable bonds is 14. The molecule has 0 aromatic rings. The van der Waals surface area contributed by atoms with Gasteiger partial charge in [-0.3, -0.25) is 4.79 Å². The van der Waals surface area contributed by atoms with Gasteiger partial charge >= 0.3 is 5.97 Å². The summed E-state index contributed by atoms with van der Waals surface area (Å²) in [7, 11) is 0. The van der Waals surface area contributed by atoms with Crippen LogP contribution in [0.15, 0.2) is 36.5 Å². The zero-order valence-electron chi connectivity index (χ0n) is 14.6. The van der Waals surface area contributed by atoms with E-state index in [4.69, 9.17) is 4.74 Å². The largest absolute Gasteiger partial charge is 0.466 e. The van der Waals surface area contributed by atoms with Crippen LogP contribution in [0.5, 0.6) is 0 Å². The highest BCUT2D eigenvalue weighted by Gasteiger charge is 1.98. The molecule has 0 aliphatic rings. The molecule has 2 nitrogen and oxygen atoms in total. The number of carbonyl (C=O) groups is 1. The maximum atomic E-state index is 11.1. The fourth-order valence-corrected chi connectivity index (χ4v) is 2.06. The summed E-state index contributed by atoms with van der Waals surface area (Å²) in [5.74, 6) is -0.0830. The van der Waals surface area contributed by atoms with Crippen LogP contribution < -0.4 is 0 Å². The van der Waals surface area contributed by atoms with E-state index in [2.05, 4.69) is 43.4 Å². The molecule has 0 aliphatic carbocycles. The zero-order chi connectivity index (χ0) is 16.3. The first-order valence-corrected chi connectivity index (χ1v) is 8.93. The van der Waals surface area contributed by atoms with Gasteiger partial charge in [0.05, 0.1) is 6.61 Å². The van der Waals surface area contributed by atoms with E-state index in [0.29, 0.717) is 13.0 Å². The van der Waals surface area contributed by atoms with Crippen LogP contribution in [0, 0.1) is 0 Å². The highest BCUT2D eigenvalue weighted by Crippen LogP contribution is 2.03. The van der Waals surface area contributed by atoms with Gasteiger partial charge in [0.15, 0.2) is 0 Å². The third-order valence-corrected chi connectivity index (χ3v) is 3.33. The molecule has 0 aromatic heterocycles. The molecule has 0 N–H and O–H groups in total. The van der Waals surface area contributed by atoms with Crippen LogP contribution in [0.25, 0.3) is 0 Å². The van der Waals surface area contributed by atoms with E-state index in [0.717, 1.165) is 25.7 Å². The molecular formula is C20H34O2. The number of ether oxygens (including phenoxy) is 1. The van der Waals surface area contributed by atoms with Gasteiger partial charge in [-0.15, -0.1) is 0 Å². The first-order chi connectivity index (χ1) is 10.8. The van der Waals surface area contributed by atoms with Gasteiger partial charge < -0.3 is 4.74 Å². The molecule has 126 valence electrons. The minimum absolute atomic E-state index is 0.0830. The van der Waals surface area contributed by atoms with Crippen molar-refractivity contribution in [2.75, 3.05) is 6.61 Å². The fourth-order valence-electron chi connectivity index (χ4n) is 2.06. The normalized spacial score (nSPS) is 11.9. The molecule has 0 unspecified atom stereocenters. The van der Waals surface area contributed by atoms with Crippen LogP contribution in [0.3, 0.4) is 0 Å². The van der Waals surface area contributed by atoms with Gasteiger partial charge in [0.2, 0.25) is 0 Å². The second-order valence-corrected chi connectivity index (χ2v) is 5.45. The monoisotopic (exact) mass is 306 g/mol. The number of hydrogen-bond acceptors (Lipinski definition) is 2. The molecule has 0 amide bonds. The first-order valence-electron chi connectivity index (χ1n) is 8.93. The summed E-state index contributed by atoms with van der Waals surface area (Å²) in [6, 6.07) is 0. The Hall–Kier alpha value is -1.31. The van der Waals surface area contributed by atoms with Crippen molar-refractivity contribution in [3.05, 3.63) is 36.5 Å². The Morgan fingerprint density at radius 1 is 0.773 bits per heavy atom. The maximum Gasteiger partial charge on any atom is 0.305 e. The Labute approximate surface area is 137 Å². The third-order valence-electron chi connectivity index (χ3n) is 3.33. The van der Waals surface area contributed by atoms with Crippen molar-refractivity contribution in [2.45, 2.75) is 78.1 Å².